The summed E-state index contributed by atoms with van der Waals surface area (Å²) in [6.45, 7) is 2.68. The molecular weight excluding hydrogens is 314 g/mol. The summed E-state index contributed by atoms with van der Waals surface area (Å²) in [4.78, 5) is 30.7. The predicted molar refractivity (Wildman–Crippen MR) is 93.9 cm³/mol. The van der Waals surface area contributed by atoms with Crippen LogP contribution in [0.25, 0.3) is 0 Å². The first kappa shape index (κ1) is 16.1. The lowest BCUT2D eigenvalue weighted by Crippen LogP contribution is -2.39. The quantitative estimate of drug-likeness (QED) is 0.841. The van der Waals surface area contributed by atoms with E-state index < -0.39 is 0 Å². The summed E-state index contributed by atoms with van der Waals surface area (Å²) in [5.41, 5.74) is 3.03. The van der Waals surface area contributed by atoms with Crippen LogP contribution in [0.2, 0.25) is 0 Å². The zero-order valence-electron chi connectivity index (χ0n) is 14.6. The number of carbonyl (C=O) groups excluding carboxylic acids is 1. The monoisotopic (exact) mass is 337 g/mol. The highest BCUT2D eigenvalue weighted by molar-refractivity contribution is 5.94. The van der Waals surface area contributed by atoms with Crippen LogP contribution in [0.5, 0.6) is 0 Å². The summed E-state index contributed by atoms with van der Waals surface area (Å²) in [6.07, 6.45) is 9.30. The van der Waals surface area contributed by atoms with Crippen molar-refractivity contribution in [2.24, 2.45) is 0 Å². The Morgan fingerprint density at radius 2 is 2.04 bits per heavy atom. The van der Waals surface area contributed by atoms with Crippen molar-refractivity contribution in [1.82, 2.24) is 24.8 Å². The fraction of sp³-hybridized carbons (Fsp3) is 0.474. The first-order chi connectivity index (χ1) is 12.2. The van der Waals surface area contributed by atoms with Gasteiger partial charge in [-0.2, -0.15) is 0 Å². The number of rotatable bonds is 2. The Morgan fingerprint density at radius 1 is 1.20 bits per heavy atom. The summed E-state index contributed by atoms with van der Waals surface area (Å²) in [6, 6.07) is 3.52. The molecule has 2 aliphatic rings. The second-order valence-corrected chi connectivity index (χ2v) is 6.93. The fourth-order valence-electron chi connectivity index (χ4n) is 3.74. The Bertz CT molecular complexity index is 764. The van der Waals surface area contributed by atoms with Gasteiger partial charge in [-0.15, -0.1) is 0 Å². The highest BCUT2D eigenvalue weighted by Crippen LogP contribution is 2.31. The van der Waals surface area contributed by atoms with E-state index >= 15 is 0 Å². The minimum Gasteiger partial charge on any atom is -0.328 e. The maximum absolute atomic E-state index is 13.0. The van der Waals surface area contributed by atoms with Crippen molar-refractivity contribution in [3.63, 3.8) is 0 Å². The van der Waals surface area contributed by atoms with Crippen molar-refractivity contribution in [1.29, 1.82) is 0 Å². The lowest BCUT2D eigenvalue weighted by atomic mass is 9.99. The lowest BCUT2D eigenvalue weighted by molar-refractivity contribution is 0.0599. The van der Waals surface area contributed by atoms with Crippen LogP contribution < -0.4 is 0 Å². The number of hydrogen-bond donors (Lipinski definition) is 0. The SMILES string of the molecule is CN1CCc2nc([C@H]3CCCCN3C(=O)c3ccncc3)ncc2C1. The molecule has 0 saturated carbocycles. The van der Waals surface area contributed by atoms with Crippen molar-refractivity contribution in [3.05, 3.63) is 53.4 Å². The predicted octanol–water partition coefficient (Wildman–Crippen LogP) is 2.23. The Labute approximate surface area is 147 Å². The smallest absolute Gasteiger partial charge is 0.254 e. The first-order valence-corrected chi connectivity index (χ1v) is 8.96. The van der Waals surface area contributed by atoms with E-state index in [-0.39, 0.29) is 11.9 Å². The van der Waals surface area contributed by atoms with Gasteiger partial charge in [-0.1, -0.05) is 0 Å². The van der Waals surface area contributed by atoms with Gasteiger partial charge in [0, 0.05) is 61.5 Å². The average molecular weight is 337 g/mol. The van der Waals surface area contributed by atoms with Crippen LogP contribution >= 0.6 is 0 Å². The van der Waals surface area contributed by atoms with Crippen LogP contribution in [-0.4, -0.2) is 50.8 Å². The van der Waals surface area contributed by atoms with Crippen LogP contribution in [0, 0.1) is 0 Å². The summed E-state index contributed by atoms with van der Waals surface area (Å²) >= 11 is 0. The number of likely N-dealkylation sites (tertiary alicyclic amines) is 1. The number of carbonyl (C=O) groups is 1. The molecule has 0 radical (unpaired) electrons. The fourth-order valence-corrected chi connectivity index (χ4v) is 3.74. The van der Waals surface area contributed by atoms with E-state index in [0.29, 0.717) is 5.56 Å². The molecule has 1 fully saturated rings. The molecule has 6 nitrogen and oxygen atoms in total. The van der Waals surface area contributed by atoms with Crippen molar-refractivity contribution in [3.8, 4) is 0 Å². The van der Waals surface area contributed by atoms with Gasteiger partial charge >= 0.3 is 0 Å². The van der Waals surface area contributed by atoms with E-state index in [4.69, 9.17) is 4.98 Å². The van der Waals surface area contributed by atoms with Crippen LogP contribution in [0.4, 0.5) is 0 Å². The molecule has 4 heterocycles. The molecule has 1 amide bonds. The molecule has 0 unspecified atom stereocenters. The first-order valence-electron chi connectivity index (χ1n) is 8.96. The van der Waals surface area contributed by atoms with Gasteiger partial charge < -0.3 is 9.80 Å². The minimum atomic E-state index is -0.0284. The van der Waals surface area contributed by atoms with Gasteiger partial charge in [0.25, 0.3) is 5.91 Å². The minimum absolute atomic E-state index is 0.0284. The maximum Gasteiger partial charge on any atom is 0.254 e. The maximum atomic E-state index is 13.0. The van der Waals surface area contributed by atoms with Gasteiger partial charge in [0.2, 0.25) is 0 Å². The Balaban J connectivity index is 1.62. The molecule has 0 N–H and O–H groups in total. The summed E-state index contributed by atoms with van der Waals surface area (Å²) in [7, 11) is 2.12. The van der Waals surface area contributed by atoms with E-state index in [0.717, 1.165) is 56.8 Å². The van der Waals surface area contributed by atoms with Crippen molar-refractivity contribution < 1.29 is 4.79 Å². The van der Waals surface area contributed by atoms with Crippen molar-refractivity contribution in [2.45, 2.75) is 38.3 Å². The molecular formula is C19H23N5O. The molecule has 2 aliphatic heterocycles. The molecule has 0 aliphatic carbocycles. The highest BCUT2D eigenvalue weighted by atomic mass is 16.2. The third-order valence-corrected chi connectivity index (χ3v) is 5.13. The van der Waals surface area contributed by atoms with Gasteiger partial charge in [-0.05, 0) is 38.4 Å². The van der Waals surface area contributed by atoms with Crippen LogP contribution in [0.3, 0.4) is 0 Å². The molecule has 0 spiro atoms. The Morgan fingerprint density at radius 3 is 2.88 bits per heavy atom. The Hall–Kier alpha value is -2.34. The molecule has 4 rings (SSSR count). The number of amides is 1. The van der Waals surface area contributed by atoms with Crippen molar-refractivity contribution >= 4 is 5.91 Å². The largest absolute Gasteiger partial charge is 0.328 e. The number of piperidine rings is 1. The summed E-state index contributed by atoms with van der Waals surface area (Å²) in [5, 5.41) is 0. The van der Waals surface area contributed by atoms with Gasteiger partial charge in [-0.25, -0.2) is 9.97 Å². The third-order valence-electron chi connectivity index (χ3n) is 5.13. The molecule has 0 bridgehead atoms. The molecule has 1 saturated heterocycles. The van der Waals surface area contributed by atoms with Gasteiger partial charge in [0.05, 0.1) is 6.04 Å². The number of fused-ring (bicyclic) bond motifs is 1. The highest BCUT2D eigenvalue weighted by Gasteiger charge is 2.31. The van der Waals surface area contributed by atoms with Crippen LogP contribution in [0.1, 0.15) is 52.7 Å². The van der Waals surface area contributed by atoms with Gasteiger partial charge in [-0.3, -0.25) is 9.78 Å². The zero-order valence-corrected chi connectivity index (χ0v) is 14.6. The summed E-state index contributed by atoms with van der Waals surface area (Å²) in [5.74, 6) is 0.846. The number of likely N-dealkylation sites (N-methyl/N-ethyl adjacent to an activating group) is 1. The van der Waals surface area contributed by atoms with E-state index in [2.05, 4.69) is 21.9 Å². The summed E-state index contributed by atoms with van der Waals surface area (Å²) < 4.78 is 0. The number of pyridine rings is 1. The van der Waals surface area contributed by atoms with E-state index in [9.17, 15) is 4.79 Å². The molecule has 130 valence electrons. The second-order valence-electron chi connectivity index (χ2n) is 6.93. The lowest BCUT2D eigenvalue weighted by Gasteiger charge is -2.35. The Kier molecular flexibility index (Phi) is 4.44. The molecule has 2 aromatic rings. The van der Waals surface area contributed by atoms with E-state index in [1.807, 2.05) is 11.1 Å². The molecule has 25 heavy (non-hydrogen) atoms. The molecule has 6 heteroatoms. The standard InChI is InChI=1S/C19H23N5O/c1-23-11-7-16-15(13-23)12-21-18(22-16)17-4-2-3-10-24(17)19(25)14-5-8-20-9-6-14/h5-6,8-9,12,17H,2-4,7,10-11,13H2,1H3/t17-/m1/s1. The van der Waals surface area contributed by atoms with Gasteiger partial charge in [0.1, 0.15) is 0 Å². The van der Waals surface area contributed by atoms with Gasteiger partial charge in [0.15, 0.2) is 5.82 Å². The average Bonchev–Trinajstić information content (AvgIpc) is 2.67. The molecule has 2 aromatic heterocycles. The number of aromatic nitrogens is 3. The molecule has 1 atom stereocenters. The van der Waals surface area contributed by atoms with Crippen LogP contribution in [-0.2, 0) is 13.0 Å². The third kappa shape index (κ3) is 3.26. The number of hydrogen-bond acceptors (Lipinski definition) is 5. The number of nitrogens with zero attached hydrogens (tertiary/aromatic N) is 5. The van der Waals surface area contributed by atoms with Crippen molar-refractivity contribution in [2.75, 3.05) is 20.1 Å². The van der Waals surface area contributed by atoms with E-state index in [1.54, 1.807) is 24.5 Å². The topological polar surface area (TPSA) is 62.2 Å². The van der Waals surface area contributed by atoms with Crippen LogP contribution in [0.15, 0.2) is 30.7 Å². The zero-order chi connectivity index (χ0) is 17.2. The van der Waals surface area contributed by atoms with E-state index in [1.165, 1.54) is 5.56 Å². The molecule has 0 aromatic carbocycles. The normalized spacial score (nSPS) is 21.0. The second kappa shape index (κ2) is 6.88.